The minimum atomic E-state index is -0.332. The molecule has 2 aromatic heterocycles. The summed E-state index contributed by atoms with van der Waals surface area (Å²) in [7, 11) is 2.03. The molecule has 7 nitrogen and oxygen atoms in total. The van der Waals surface area contributed by atoms with Gasteiger partial charge in [-0.05, 0) is 30.2 Å². The van der Waals surface area contributed by atoms with E-state index in [1.54, 1.807) is 0 Å². The molecule has 3 rings (SSSR count). The number of imidazole rings is 1. The Balaban J connectivity index is 1.66. The Bertz CT molecular complexity index is 951. The highest BCUT2D eigenvalue weighted by molar-refractivity contribution is 5.91. The minimum Gasteiger partial charge on any atom is -0.350 e. The van der Waals surface area contributed by atoms with Crippen molar-refractivity contribution >= 4 is 16.9 Å². The number of aromatic nitrogens is 4. The highest BCUT2D eigenvalue weighted by atomic mass is 16.2. The number of nitrogens with one attached hydrogen (secondary N) is 2. The molecule has 0 unspecified atom stereocenters. The molecule has 1 aromatic carbocycles. The van der Waals surface area contributed by atoms with Crippen molar-refractivity contribution in [3.63, 3.8) is 0 Å². The van der Waals surface area contributed by atoms with Gasteiger partial charge < -0.3 is 9.88 Å². The topological polar surface area (TPSA) is 92.7 Å². The molecule has 0 radical (unpaired) electrons. The van der Waals surface area contributed by atoms with Gasteiger partial charge in [-0.2, -0.15) is 5.10 Å². The van der Waals surface area contributed by atoms with Crippen molar-refractivity contribution in [2.24, 2.45) is 7.05 Å². The number of carbonyl (C=O) groups excluding carboxylic acids is 1. The first-order valence-corrected chi connectivity index (χ1v) is 8.25. The van der Waals surface area contributed by atoms with Crippen LogP contribution in [0.25, 0.3) is 11.0 Å². The molecule has 7 heteroatoms. The average molecular weight is 339 g/mol. The van der Waals surface area contributed by atoms with E-state index in [0.717, 1.165) is 22.4 Å². The van der Waals surface area contributed by atoms with Gasteiger partial charge in [-0.15, -0.1) is 0 Å². The van der Waals surface area contributed by atoms with Gasteiger partial charge in [-0.25, -0.2) is 10.1 Å². The fourth-order valence-corrected chi connectivity index (χ4v) is 2.82. The standard InChI is InChI=1S/C18H21N5O2/c1-11(2)17-20-14-10-12(4-6-15(14)23(17)3)8-9-19-18(25)13-5-7-16(24)22-21-13/h4-7,10-11H,8-9H2,1-3H3,(H,19,25)(H,22,24). The normalized spacial score (nSPS) is 11.2. The number of fused-ring (bicyclic) bond motifs is 1. The van der Waals surface area contributed by atoms with E-state index in [2.05, 4.69) is 52.1 Å². The Morgan fingerprint density at radius 1 is 1.28 bits per heavy atom. The minimum absolute atomic E-state index is 0.196. The summed E-state index contributed by atoms with van der Waals surface area (Å²) in [5.74, 6) is 1.12. The molecule has 130 valence electrons. The summed E-state index contributed by atoms with van der Waals surface area (Å²) < 4.78 is 2.12. The molecule has 0 saturated carbocycles. The van der Waals surface area contributed by atoms with Gasteiger partial charge in [0.2, 0.25) is 0 Å². The van der Waals surface area contributed by atoms with Crippen LogP contribution in [0.2, 0.25) is 0 Å². The molecule has 2 heterocycles. The zero-order chi connectivity index (χ0) is 18.0. The number of aryl methyl sites for hydroxylation is 1. The van der Waals surface area contributed by atoms with Crippen molar-refractivity contribution in [2.45, 2.75) is 26.2 Å². The maximum Gasteiger partial charge on any atom is 0.271 e. The van der Waals surface area contributed by atoms with Gasteiger partial charge in [0.25, 0.3) is 11.5 Å². The van der Waals surface area contributed by atoms with Crippen molar-refractivity contribution < 1.29 is 4.79 Å². The van der Waals surface area contributed by atoms with Crippen LogP contribution in [-0.2, 0) is 13.5 Å². The first-order valence-electron chi connectivity index (χ1n) is 8.25. The number of H-pyrrole nitrogens is 1. The summed E-state index contributed by atoms with van der Waals surface area (Å²) in [6.07, 6.45) is 0.693. The number of hydrogen-bond acceptors (Lipinski definition) is 4. The second-order valence-corrected chi connectivity index (χ2v) is 6.32. The number of amides is 1. The number of carbonyl (C=O) groups is 1. The molecule has 0 aliphatic rings. The van der Waals surface area contributed by atoms with Gasteiger partial charge in [0, 0.05) is 25.6 Å². The van der Waals surface area contributed by atoms with Crippen LogP contribution in [0.15, 0.2) is 35.1 Å². The average Bonchev–Trinajstić information content (AvgIpc) is 2.92. The lowest BCUT2D eigenvalue weighted by molar-refractivity contribution is 0.0948. The number of nitrogens with zero attached hydrogens (tertiary/aromatic N) is 3. The SMILES string of the molecule is CC(C)c1nc2cc(CCNC(=O)c3ccc(=O)[nH]n3)ccc2n1C. The monoisotopic (exact) mass is 339 g/mol. The maximum atomic E-state index is 12.0. The fourth-order valence-electron chi connectivity index (χ4n) is 2.82. The van der Waals surface area contributed by atoms with Crippen LogP contribution in [0.4, 0.5) is 0 Å². The van der Waals surface area contributed by atoms with E-state index in [1.807, 2.05) is 7.05 Å². The van der Waals surface area contributed by atoms with Gasteiger partial charge >= 0.3 is 0 Å². The second-order valence-electron chi connectivity index (χ2n) is 6.32. The van der Waals surface area contributed by atoms with Crippen LogP contribution in [-0.4, -0.2) is 32.2 Å². The quantitative estimate of drug-likeness (QED) is 0.741. The Labute approximate surface area is 145 Å². The Morgan fingerprint density at radius 3 is 2.76 bits per heavy atom. The summed E-state index contributed by atoms with van der Waals surface area (Å²) in [5.41, 5.74) is 3.05. The van der Waals surface area contributed by atoms with E-state index in [-0.39, 0.29) is 17.2 Å². The maximum absolute atomic E-state index is 12.0. The predicted octanol–water partition coefficient (Wildman–Crippen LogP) is 1.75. The van der Waals surface area contributed by atoms with Crippen LogP contribution < -0.4 is 10.9 Å². The van der Waals surface area contributed by atoms with Crippen LogP contribution in [0.3, 0.4) is 0 Å². The first kappa shape index (κ1) is 16.9. The van der Waals surface area contributed by atoms with E-state index >= 15 is 0 Å². The van der Waals surface area contributed by atoms with Gasteiger partial charge in [-0.1, -0.05) is 19.9 Å². The van der Waals surface area contributed by atoms with Crippen LogP contribution in [0, 0.1) is 0 Å². The third-order valence-electron chi connectivity index (χ3n) is 4.11. The lowest BCUT2D eigenvalue weighted by Crippen LogP contribution is -2.27. The van der Waals surface area contributed by atoms with Gasteiger partial charge in [0.05, 0.1) is 11.0 Å². The lowest BCUT2D eigenvalue weighted by Gasteiger charge is -2.05. The summed E-state index contributed by atoms with van der Waals surface area (Å²) in [6, 6.07) is 8.86. The predicted molar refractivity (Wildman–Crippen MR) is 95.7 cm³/mol. The summed E-state index contributed by atoms with van der Waals surface area (Å²) in [6.45, 7) is 4.74. The summed E-state index contributed by atoms with van der Waals surface area (Å²) in [5, 5.41) is 8.76. The molecular weight excluding hydrogens is 318 g/mol. The van der Waals surface area contributed by atoms with Gasteiger partial charge in [-0.3, -0.25) is 9.59 Å². The Kier molecular flexibility index (Phi) is 4.65. The molecule has 0 bridgehead atoms. The van der Waals surface area contributed by atoms with Crippen molar-refractivity contribution in [3.8, 4) is 0 Å². The first-order chi connectivity index (χ1) is 12.0. The van der Waals surface area contributed by atoms with E-state index in [1.165, 1.54) is 12.1 Å². The van der Waals surface area contributed by atoms with Crippen molar-refractivity contribution in [1.82, 2.24) is 25.1 Å². The summed E-state index contributed by atoms with van der Waals surface area (Å²) >= 11 is 0. The lowest BCUT2D eigenvalue weighted by atomic mass is 10.1. The molecule has 2 N–H and O–H groups in total. The number of aromatic amines is 1. The number of hydrogen-bond donors (Lipinski definition) is 2. The van der Waals surface area contributed by atoms with Crippen LogP contribution in [0.1, 0.15) is 41.6 Å². The molecule has 0 aliphatic heterocycles. The Morgan fingerprint density at radius 2 is 2.08 bits per heavy atom. The van der Waals surface area contributed by atoms with Crippen molar-refractivity contribution in [3.05, 3.63) is 57.8 Å². The molecule has 0 aliphatic carbocycles. The number of rotatable bonds is 5. The highest BCUT2D eigenvalue weighted by Gasteiger charge is 2.11. The molecule has 1 amide bonds. The zero-order valence-corrected chi connectivity index (χ0v) is 14.5. The smallest absolute Gasteiger partial charge is 0.271 e. The zero-order valence-electron chi connectivity index (χ0n) is 14.5. The van der Waals surface area contributed by atoms with E-state index in [0.29, 0.717) is 18.9 Å². The molecule has 0 atom stereocenters. The van der Waals surface area contributed by atoms with Crippen molar-refractivity contribution in [1.29, 1.82) is 0 Å². The third-order valence-corrected chi connectivity index (χ3v) is 4.11. The van der Waals surface area contributed by atoms with E-state index < -0.39 is 0 Å². The molecule has 0 fully saturated rings. The van der Waals surface area contributed by atoms with Crippen molar-refractivity contribution in [2.75, 3.05) is 6.54 Å². The van der Waals surface area contributed by atoms with Crippen LogP contribution >= 0.6 is 0 Å². The van der Waals surface area contributed by atoms with Crippen LogP contribution in [0.5, 0.6) is 0 Å². The van der Waals surface area contributed by atoms with E-state index in [4.69, 9.17) is 4.98 Å². The molecule has 0 saturated heterocycles. The molecule has 3 aromatic rings. The summed E-state index contributed by atoms with van der Waals surface area (Å²) in [4.78, 5) is 27.6. The van der Waals surface area contributed by atoms with Gasteiger partial charge in [0.1, 0.15) is 11.5 Å². The fraction of sp³-hybridized carbons (Fsp3) is 0.333. The van der Waals surface area contributed by atoms with Gasteiger partial charge in [0.15, 0.2) is 0 Å². The number of benzene rings is 1. The third kappa shape index (κ3) is 3.60. The Hall–Kier alpha value is -2.96. The largest absolute Gasteiger partial charge is 0.350 e. The van der Waals surface area contributed by atoms with E-state index in [9.17, 15) is 9.59 Å². The second kappa shape index (κ2) is 6.88. The molecule has 25 heavy (non-hydrogen) atoms. The molecule has 0 spiro atoms. The highest BCUT2D eigenvalue weighted by Crippen LogP contribution is 2.21. The molecular formula is C18H21N5O2.